The first-order valence-electron chi connectivity index (χ1n) is 7.24. The molecule has 0 radical (unpaired) electrons. The summed E-state index contributed by atoms with van der Waals surface area (Å²) in [7, 11) is 1.50. The van der Waals surface area contributed by atoms with Gasteiger partial charge in [0.25, 0.3) is 11.6 Å². The molecule has 0 bridgehead atoms. The Kier molecular flexibility index (Phi) is 5.36. The van der Waals surface area contributed by atoms with E-state index in [4.69, 9.17) is 9.47 Å². The molecule has 0 aliphatic heterocycles. The van der Waals surface area contributed by atoms with Crippen molar-refractivity contribution in [1.82, 2.24) is 0 Å². The molecule has 0 spiro atoms. The Labute approximate surface area is 139 Å². The molecule has 1 amide bonds. The van der Waals surface area contributed by atoms with Gasteiger partial charge in [-0.2, -0.15) is 0 Å². The van der Waals surface area contributed by atoms with E-state index in [1.54, 1.807) is 37.3 Å². The molecule has 7 nitrogen and oxygen atoms in total. The Morgan fingerprint density at radius 2 is 1.83 bits per heavy atom. The molecular formula is C17H18N2O5. The minimum Gasteiger partial charge on any atom is -0.493 e. The predicted octanol–water partition coefficient (Wildman–Crippen LogP) is 3.24. The van der Waals surface area contributed by atoms with Gasteiger partial charge in [0.1, 0.15) is 5.69 Å². The molecule has 2 rings (SSSR count). The van der Waals surface area contributed by atoms with Gasteiger partial charge >= 0.3 is 0 Å². The highest BCUT2D eigenvalue weighted by molar-refractivity contribution is 5.95. The van der Waals surface area contributed by atoms with E-state index in [1.165, 1.54) is 13.2 Å². The Hall–Kier alpha value is -3.09. The normalized spacial score (nSPS) is 10.1. The zero-order valence-electron chi connectivity index (χ0n) is 13.7. The number of nitrogens with one attached hydrogen (secondary N) is 1. The molecule has 24 heavy (non-hydrogen) atoms. The molecule has 0 heterocycles. The fourth-order valence-corrected chi connectivity index (χ4v) is 2.17. The van der Waals surface area contributed by atoms with Crippen molar-refractivity contribution in [2.45, 2.75) is 13.8 Å². The van der Waals surface area contributed by atoms with Gasteiger partial charge in [-0.3, -0.25) is 14.9 Å². The molecule has 0 atom stereocenters. The van der Waals surface area contributed by atoms with Gasteiger partial charge in [0.05, 0.1) is 12.0 Å². The number of ether oxygens (including phenoxy) is 2. The number of amides is 1. The fraction of sp³-hybridized carbons (Fsp3) is 0.235. The lowest BCUT2D eigenvalue weighted by atomic mass is 10.1. The Balaban J connectivity index is 2.13. The number of methoxy groups -OCH3 is 1. The molecule has 0 aliphatic carbocycles. The van der Waals surface area contributed by atoms with Gasteiger partial charge in [-0.15, -0.1) is 0 Å². The second kappa shape index (κ2) is 7.45. The van der Waals surface area contributed by atoms with Crippen LogP contribution in [0.25, 0.3) is 0 Å². The molecule has 2 aromatic carbocycles. The van der Waals surface area contributed by atoms with E-state index < -0.39 is 10.8 Å². The zero-order chi connectivity index (χ0) is 17.7. The van der Waals surface area contributed by atoms with E-state index in [-0.39, 0.29) is 18.0 Å². The average molecular weight is 330 g/mol. The Morgan fingerprint density at radius 3 is 2.46 bits per heavy atom. The van der Waals surface area contributed by atoms with E-state index in [9.17, 15) is 14.9 Å². The van der Waals surface area contributed by atoms with Crippen molar-refractivity contribution in [1.29, 1.82) is 0 Å². The quantitative estimate of drug-likeness (QED) is 0.648. The summed E-state index contributed by atoms with van der Waals surface area (Å²) in [5.41, 5.74) is 1.54. The van der Waals surface area contributed by atoms with Crippen LogP contribution >= 0.6 is 0 Å². The number of benzene rings is 2. The van der Waals surface area contributed by atoms with Crippen LogP contribution in [0.2, 0.25) is 0 Å². The van der Waals surface area contributed by atoms with Gasteiger partial charge in [-0.05, 0) is 37.1 Å². The van der Waals surface area contributed by atoms with Crippen molar-refractivity contribution in [3.05, 3.63) is 57.6 Å². The van der Waals surface area contributed by atoms with Crippen molar-refractivity contribution >= 4 is 17.3 Å². The molecule has 0 unspecified atom stereocenters. The maximum absolute atomic E-state index is 12.1. The molecule has 7 heteroatoms. The number of hydrogen-bond donors (Lipinski definition) is 1. The topological polar surface area (TPSA) is 90.7 Å². The highest BCUT2D eigenvalue weighted by atomic mass is 16.6. The second-order valence-electron chi connectivity index (χ2n) is 5.15. The van der Waals surface area contributed by atoms with Crippen LogP contribution in [0.1, 0.15) is 11.1 Å². The van der Waals surface area contributed by atoms with Gasteiger partial charge in [-0.1, -0.05) is 18.2 Å². The molecule has 2 aromatic rings. The van der Waals surface area contributed by atoms with Crippen LogP contribution in [0.15, 0.2) is 36.4 Å². The highest BCUT2D eigenvalue weighted by Gasteiger charge is 2.19. The van der Waals surface area contributed by atoms with Crippen LogP contribution < -0.4 is 14.8 Å². The third-order valence-electron chi connectivity index (χ3n) is 3.60. The third kappa shape index (κ3) is 3.81. The van der Waals surface area contributed by atoms with E-state index in [2.05, 4.69) is 5.32 Å². The maximum Gasteiger partial charge on any atom is 0.293 e. The SMILES string of the molecule is COc1ccccc1OCC(=O)Nc1c([N+](=O)[O-])ccc(C)c1C. The number of nitro groups is 1. The summed E-state index contributed by atoms with van der Waals surface area (Å²) in [6.45, 7) is 3.25. The Bertz CT molecular complexity index is 774. The average Bonchev–Trinajstić information content (AvgIpc) is 2.57. The summed E-state index contributed by atoms with van der Waals surface area (Å²) in [5.74, 6) is 0.436. The lowest BCUT2D eigenvalue weighted by Gasteiger charge is -2.13. The second-order valence-corrected chi connectivity index (χ2v) is 5.15. The molecule has 0 fully saturated rings. The van der Waals surface area contributed by atoms with Crippen molar-refractivity contribution in [2.24, 2.45) is 0 Å². The molecule has 0 saturated carbocycles. The summed E-state index contributed by atoms with van der Waals surface area (Å²) >= 11 is 0. The van der Waals surface area contributed by atoms with E-state index >= 15 is 0 Å². The van der Waals surface area contributed by atoms with Crippen molar-refractivity contribution < 1.29 is 19.2 Å². The lowest BCUT2D eigenvalue weighted by Crippen LogP contribution is -2.21. The summed E-state index contributed by atoms with van der Waals surface area (Å²) in [6, 6.07) is 9.94. The fourth-order valence-electron chi connectivity index (χ4n) is 2.17. The van der Waals surface area contributed by atoms with Crippen LogP contribution in [0.5, 0.6) is 11.5 Å². The lowest BCUT2D eigenvalue weighted by molar-refractivity contribution is -0.384. The van der Waals surface area contributed by atoms with Gasteiger partial charge in [0.2, 0.25) is 0 Å². The number of rotatable bonds is 6. The van der Waals surface area contributed by atoms with Crippen LogP contribution in [0.4, 0.5) is 11.4 Å². The molecule has 0 aliphatic rings. The van der Waals surface area contributed by atoms with Gasteiger partial charge in [-0.25, -0.2) is 0 Å². The molecule has 126 valence electrons. The number of carbonyl (C=O) groups is 1. The van der Waals surface area contributed by atoms with Crippen molar-refractivity contribution in [2.75, 3.05) is 19.0 Å². The number of nitro benzene ring substituents is 1. The molecule has 1 N–H and O–H groups in total. The number of hydrogen-bond acceptors (Lipinski definition) is 5. The number of nitrogens with zero attached hydrogens (tertiary/aromatic N) is 1. The third-order valence-corrected chi connectivity index (χ3v) is 3.60. The first-order valence-corrected chi connectivity index (χ1v) is 7.24. The maximum atomic E-state index is 12.1. The summed E-state index contributed by atoms with van der Waals surface area (Å²) in [4.78, 5) is 22.7. The van der Waals surface area contributed by atoms with E-state index in [1.807, 2.05) is 6.92 Å². The number of carbonyl (C=O) groups excluding carboxylic acids is 1. The molecule has 0 aromatic heterocycles. The first kappa shape index (κ1) is 17.3. The van der Waals surface area contributed by atoms with Crippen LogP contribution in [-0.2, 0) is 4.79 Å². The van der Waals surface area contributed by atoms with Gasteiger partial charge in [0.15, 0.2) is 18.1 Å². The standard InChI is InChI=1S/C17H18N2O5/c1-11-8-9-13(19(21)22)17(12(11)2)18-16(20)10-24-15-7-5-4-6-14(15)23-3/h4-9H,10H2,1-3H3,(H,18,20). The van der Waals surface area contributed by atoms with Crippen LogP contribution in [-0.4, -0.2) is 24.5 Å². The summed E-state index contributed by atoms with van der Waals surface area (Å²) in [5, 5.41) is 13.7. The molecular weight excluding hydrogens is 312 g/mol. The first-order chi connectivity index (χ1) is 11.4. The predicted molar refractivity (Wildman–Crippen MR) is 89.7 cm³/mol. The minimum atomic E-state index is -0.525. The summed E-state index contributed by atoms with van der Waals surface area (Å²) < 4.78 is 10.6. The van der Waals surface area contributed by atoms with Gasteiger partial charge in [0, 0.05) is 6.07 Å². The largest absolute Gasteiger partial charge is 0.493 e. The zero-order valence-corrected chi connectivity index (χ0v) is 13.7. The van der Waals surface area contributed by atoms with Crippen LogP contribution in [0.3, 0.4) is 0 Å². The van der Waals surface area contributed by atoms with Crippen molar-refractivity contribution in [3.8, 4) is 11.5 Å². The van der Waals surface area contributed by atoms with Gasteiger partial charge < -0.3 is 14.8 Å². The smallest absolute Gasteiger partial charge is 0.293 e. The van der Waals surface area contributed by atoms with Crippen molar-refractivity contribution in [3.63, 3.8) is 0 Å². The minimum absolute atomic E-state index is 0.149. The van der Waals surface area contributed by atoms with E-state index in [0.717, 1.165) is 5.56 Å². The highest BCUT2D eigenvalue weighted by Crippen LogP contribution is 2.30. The molecule has 0 saturated heterocycles. The summed E-state index contributed by atoms with van der Waals surface area (Å²) in [6.07, 6.45) is 0. The van der Waals surface area contributed by atoms with Crippen LogP contribution in [0, 0.1) is 24.0 Å². The van der Waals surface area contributed by atoms with E-state index in [0.29, 0.717) is 17.1 Å². The number of anilines is 1. The Morgan fingerprint density at radius 1 is 1.17 bits per heavy atom. The number of aryl methyl sites for hydroxylation is 1. The number of para-hydroxylation sites is 2. The monoisotopic (exact) mass is 330 g/mol.